The maximum Gasteiger partial charge on any atom is 0.242 e. The highest BCUT2D eigenvalue weighted by molar-refractivity contribution is 5.93. The van der Waals surface area contributed by atoms with Crippen LogP contribution < -0.4 is 5.73 Å². The predicted molar refractivity (Wildman–Crippen MR) is 113 cm³/mol. The maximum absolute atomic E-state index is 12.5. The molecule has 0 bridgehead atoms. The molecule has 1 unspecified atom stereocenters. The van der Waals surface area contributed by atoms with Gasteiger partial charge in [-0.1, -0.05) is 17.3 Å². The van der Waals surface area contributed by atoms with E-state index in [1.807, 2.05) is 38.1 Å². The summed E-state index contributed by atoms with van der Waals surface area (Å²) in [5.74, 6) is 0.587. The number of amidine groups is 1. The van der Waals surface area contributed by atoms with E-state index in [-0.39, 0.29) is 12.5 Å². The minimum absolute atomic E-state index is 0.0839. The van der Waals surface area contributed by atoms with Crippen molar-refractivity contribution in [2.24, 2.45) is 10.2 Å². The second-order valence-corrected chi connectivity index (χ2v) is 7.39. The lowest BCUT2D eigenvalue weighted by Crippen LogP contribution is -2.62. The Hall–Kier alpha value is -2.78. The van der Waals surface area contributed by atoms with Gasteiger partial charge in [-0.2, -0.15) is 4.91 Å². The first-order valence-corrected chi connectivity index (χ1v) is 9.26. The zero-order chi connectivity index (χ0) is 21.8. The van der Waals surface area contributed by atoms with Crippen LogP contribution in [-0.2, 0) is 9.53 Å². The molecule has 1 amide bonds. The summed E-state index contributed by atoms with van der Waals surface area (Å²) in [5.41, 5.74) is 8.77. The smallest absolute Gasteiger partial charge is 0.242 e. The van der Waals surface area contributed by atoms with Crippen LogP contribution in [0, 0.1) is 11.8 Å². The zero-order valence-corrected chi connectivity index (χ0v) is 17.5. The van der Waals surface area contributed by atoms with Crippen LogP contribution in [0.2, 0.25) is 0 Å². The lowest BCUT2D eigenvalue weighted by Gasteiger charge is -2.44. The van der Waals surface area contributed by atoms with Crippen molar-refractivity contribution in [1.29, 1.82) is 0 Å². The Balaban J connectivity index is 0.00000145. The highest BCUT2D eigenvalue weighted by atomic mass is 16.5. The van der Waals surface area contributed by atoms with Crippen molar-refractivity contribution in [3.05, 3.63) is 40.3 Å². The summed E-state index contributed by atoms with van der Waals surface area (Å²) in [6.07, 6.45) is 1.42. The Bertz CT molecular complexity index is 830. The number of likely N-dealkylation sites (tertiary alicyclic amines) is 1. The second kappa shape index (κ2) is 9.15. The largest absolute Gasteiger partial charge is 0.400 e. The van der Waals surface area contributed by atoms with Crippen LogP contribution in [-0.4, -0.2) is 72.3 Å². The van der Waals surface area contributed by atoms with Crippen LogP contribution in [0.5, 0.6) is 0 Å². The van der Waals surface area contributed by atoms with E-state index >= 15 is 0 Å². The SMILES string of the molecule is CO.COC1C=C(c2ccc(C)cc2N)N=C(C)N1CC(=O)N1CC(C)(N=O)C1. The van der Waals surface area contributed by atoms with Gasteiger partial charge in [0.25, 0.3) is 0 Å². The van der Waals surface area contributed by atoms with E-state index in [9.17, 15) is 9.70 Å². The molecule has 2 aliphatic heterocycles. The quantitative estimate of drug-likeness (QED) is 0.569. The fourth-order valence-electron chi connectivity index (χ4n) is 3.41. The van der Waals surface area contributed by atoms with Gasteiger partial charge in [0.1, 0.15) is 17.9 Å². The lowest BCUT2D eigenvalue weighted by molar-refractivity contribution is -0.140. The fourth-order valence-corrected chi connectivity index (χ4v) is 3.41. The van der Waals surface area contributed by atoms with Gasteiger partial charge in [-0.25, -0.2) is 4.99 Å². The van der Waals surface area contributed by atoms with Gasteiger partial charge >= 0.3 is 0 Å². The summed E-state index contributed by atoms with van der Waals surface area (Å²) in [7, 11) is 2.59. The number of hydrogen-bond acceptors (Lipinski definition) is 8. The molecular formula is C20H29N5O4. The van der Waals surface area contributed by atoms with Gasteiger partial charge in [0.05, 0.1) is 18.8 Å². The van der Waals surface area contributed by atoms with Crippen molar-refractivity contribution < 1.29 is 14.6 Å². The number of nitroso groups, excluding NO2 is 1. The van der Waals surface area contributed by atoms with Crippen molar-refractivity contribution in [2.45, 2.75) is 32.5 Å². The first-order valence-electron chi connectivity index (χ1n) is 9.26. The molecule has 29 heavy (non-hydrogen) atoms. The topological polar surface area (TPSA) is 121 Å². The number of ether oxygens (including phenoxy) is 1. The molecule has 0 saturated carbocycles. The van der Waals surface area contributed by atoms with Gasteiger partial charge in [-0.15, -0.1) is 0 Å². The Morgan fingerprint density at radius 3 is 2.59 bits per heavy atom. The average molecular weight is 403 g/mol. The summed E-state index contributed by atoms with van der Waals surface area (Å²) in [4.78, 5) is 31.4. The van der Waals surface area contributed by atoms with E-state index in [4.69, 9.17) is 15.6 Å². The molecule has 1 fully saturated rings. The zero-order valence-electron chi connectivity index (χ0n) is 17.5. The van der Waals surface area contributed by atoms with Gasteiger partial charge in [-0.3, -0.25) is 4.79 Å². The lowest BCUT2D eigenvalue weighted by atomic mass is 9.93. The van der Waals surface area contributed by atoms with Crippen molar-refractivity contribution in [3.63, 3.8) is 0 Å². The number of amides is 1. The van der Waals surface area contributed by atoms with Gasteiger partial charge in [-0.05, 0) is 38.5 Å². The Morgan fingerprint density at radius 1 is 1.38 bits per heavy atom. The second-order valence-electron chi connectivity index (χ2n) is 7.39. The normalized spacial score (nSPS) is 20.0. The monoisotopic (exact) mass is 403 g/mol. The summed E-state index contributed by atoms with van der Waals surface area (Å²) < 4.78 is 5.57. The fraction of sp³-hybridized carbons (Fsp3) is 0.500. The number of hydrogen-bond donors (Lipinski definition) is 2. The molecule has 9 heteroatoms. The summed E-state index contributed by atoms with van der Waals surface area (Å²) in [6.45, 7) is 6.38. The number of anilines is 1. The van der Waals surface area contributed by atoms with E-state index in [1.54, 1.807) is 23.8 Å². The summed E-state index contributed by atoms with van der Waals surface area (Å²) in [5, 5.41) is 10.1. The molecule has 2 heterocycles. The summed E-state index contributed by atoms with van der Waals surface area (Å²) >= 11 is 0. The molecule has 2 aliphatic rings. The first-order chi connectivity index (χ1) is 13.8. The molecule has 1 saturated heterocycles. The molecule has 1 aromatic carbocycles. The van der Waals surface area contributed by atoms with Crippen molar-refractivity contribution in [1.82, 2.24) is 9.80 Å². The van der Waals surface area contributed by atoms with Crippen LogP contribution in [0.4, 0.5) is 5.69 Å². The Morgan fingerprint density at radius 2 is 2.03 bits per heavy atom. The standard InChI is InChI=1S/C19H25N5O3.CH4O/c1-12-5-6-14(15(20)7-12)16-8-18(27-4)24(13(2)21-16)9-17(25)23-10-19(3,11-23)22-26;1-2/h5-8,18H,9-11,20H2,1-4H3;2H,1H3. The molecule has 1 atom stereocenters. The van der Waals surface area contributed by atoms with Crippen molar-refractivity contribution in [3.8, 4) is 0 Å². The van der Waals surface area contributed by atoms with E-state index in [0.717, 1.165) is 23.9 Å². The number of carbonyl (C=O) groups excluding carboxylic acids is 1. The van der Waals surface area contributed by atoms with Gasteiger partial charge < -0.3 is 25.4 Å². The molecule has 0 aliphatic carbocycles. The van der Waals surface area contributed by atoms with E-state index < -0.39 is 11.8 Å². The van der Waals surface area contributed by atoms with Crippen molar-refractivity contribution in [2.75, 3.05) is 39.6 Å². The van der Waals surface area contributed by atoms with Gasteiger partial charge in [0, 0.05) is 25.5 Å². The van der Waals surface area contributed by atoms with Crippen LogP contribution in [0.15, 0.2) is 34.4 Å². The molecule has 158 valence electrons. The number of methoxy groups -OCH3 is 1. The maximum atomic E-state index is 12.5. The molecule has 3 N–H and O–H groups in total. The minimum atomic E-state index is -0.669. The van der Waals surface area contributed by atoms with E-state index in [2.05, 4.69) is 10.2 Å². The Labute approximate surface area is 170 Å². The highest BCUT2D eigenvalue weighted by Crippen LogP contribution is 2.29. The number of carbonyl (C=O) groups is 1. The number of nitrogen functional groups attached to an aromatic ring is 1. The number of nitrogens with zero attached hydrogens (tertiary/aromatic N) is 4. The van der Waals surface area contributed by atoms with E-state index in [0.29, 0.717) is 24.6 Å². The molecule has 0 aromatic heterocycles. The first kappa shape index (κ1) is 22.5. The number of rotatable bonds is 5. The average Bonchev–Trinajstić information content (AvgIpc) is 2.68. The molecule has 3 rings (SSSR count). The predicted octanol–water partition coefficient (Wildman–Crippen LogP) is 1.60. The minimum Gasteiger partial charge on any atom is -0.400 e. The Kier molecular flexibility index (Phi) is 7.10. The molecule has 1 aromatic rings. The number of benzene rings is 1. The van der Waals surface area contributed by atoms with Crippen LogP contribution in [0.25, 0.3) is 5.70 Å². The third kappa shape index (κ3) is 4.80. The third-order valence-electron chi connectivity index (χ3n) is 4.97. The van der Waals surface area contributed by atoms with Crippen molar-refractivity contribution >= 4 is 23.1 Å². The number of aliphatic hydroxyl groups excluding tert-OH is 1. The summed E-state index contributed by atoms with van der Waals surface area (Å²) in [6, 6.07) is 5.83. The number of nitrogens with two attached hydrogens (primary N) is 1. The van der Waals surface area contributed by atoms with Crippen LogP contribution in [0.3, 0.4) is 0 Å². The third-order valence-corrected chi connectivity index (χ3v) is 4.97. The van der Waals surface area contributed by atoms with Crippen LogP contribution >= 0.6 is 0 Å². The molecule has 0 radical (unpaired) electrons. The number of aliphatic hydroxyl groups is 1. The van der Waals surface area contributed by atoms with Gasteiger partial charge in [0.15, 0.2) is 6.23 Å². The number of aliphatic imine (C=N–C) groups is 1. The highest BCUT2D eigenvalue weighted by Gasteiger charge is 2.43. The molecule has 0 spiro atoms. The van der Waals surface area contributed by atoms with E-state index in [1.165, 1.54) is 0 Å². The van der Waals surface area contributed by atoms with Crippen LogP contribution in [0.1, 0.15) is 25.0 Å². The number of aryl methyl sites for hydroxylation is 1. The van der Waals surface area contributed by atoms with Gasteiger partial charge in [0.2, 0.25) is 5.91 Å². The molecule has 9 nitrogen and oxygen atoms in total. The molecular weight excluding hydrogens is 374 g/mol.